The van der Waals surface area contributed by atoms with Crippen LogP contribution in [0, 0.1) is 6.92 Å². The van der Waals surface area contributed by atoms with E-state index < -0.39 is 10.0 Å². The molecule has 0 aliphatic carbocycles. The fraction of sp³-hybridized carbons (Fsp3) is 0.417. The summed E-state index contributed by atoms with van der Waals surface area (Å²) in [5.74, 6) is 0.684. The van der Waals surface area contributed by atoms with Crippen LogP contribution in [0.1, 0.15) is 48.8 Å². The number of piperidine rings is 1. The molecule has 7 nitrogen and oxygen atoms in total. The largest absolute Gasteiger partial charge is 0.352 e. The molecule has 1 atom stereocenters. The molecule has 1 amide bonds. The molecule has 1 saturated heterocycles. The van der Waals surface area contributed by atoms with E-state index >= 15 is 0 Å². The van der Waals surface area contributed by atoms with Crippen LogP contribution >= 0.6 is 0 Å². The summed E-state index contributed by atoms with van der Waals surface area (Å²) in [6, 6.07) is 14.3. The smallest absolute Gasteiger partial charge is 0.251 e. The number of carbonyl (C=O) groups is 1. The monoisotopic (exact) mass is 454 g/mol. The number of nitrogens with zero attached hydrogens (tertiary/aromatic N) is 3. The van der Waals surface area contributed by atoms with Crippen molar-refractivity contribution in [2.75, 3.05) is 13.1 Å². The van der Waals surface area contributed by atoms with Gasteiger partial charge in [-0.15, -0.1) is 0 Å². The van der Waals surface area contributed by atoms with Gasteiger partial charge in [-0.3, -0.25) is 4.79 Å². The van der Waals surface area contributed by atoms with Crippen molar-refractivity contribution in [1.82, 2.24) is 19.2 Å². The van der Waals surface area contributed by atoms with Crippen LogP contribution < -0.4 is 5.32 Å². The molecule has 1 fully saturated rings. The maximum absolute atomic E-state index is 13.1. The zero-order valence-electron chi connectivity index (χ0n) is 18.6. The summed E-state index contributed by atoms with van der Waals surface area (Å²) in [6.07, 6.45) is 3.53. The molecule has 2 aromatic carbocycles. The SMILES string of the molecule is Cc1nc2ccccc2n1CCCNC(=O)c1cccc(S(=O)(=O)N2CCCCC2C)c1. The molecule has 0 spiro atoms. The Balaban J connectivity index is 1.38. The van der Waals surface area contributed by atoms with Crippen molar-refractivity contribution in [3.8, 4) is 0 Å². The molecule has 32 heavy (non-hydrogen) atoms. The highest BCUT2D eigenvalue weighted by Crippen LogP contribution is 2.25. The Bertz CT molecular complexity index is 1220. The van der Waals surface area contributed by atoms with Gasteiger partial charge in [0.2, 0.25) is 10.0 Å². The average molecular weight is 455 g/mol. The minimum atomic E-state index is -3.60. The van der Waals surface area contributed by atoms with Gasteiger partial charge in [-0.05, 0) is 63.4 Å². The van der Waals surface area contributed by atoms with E-state index in [0.29, 0.717) is 18.7 Å². The third-order valence-electron chi connectivity index (χ3n) is 6.13. The first kappa shape index (κ1) is 22.5. The lowest BCUT2D eigenvalue weighted by Crippen LogP contribution is -2.42. The van der Waals surface area contributed by atoms with Crippen molar-refractivity contribution in [2.45, 2.75) is 57.0 Å². The Morgan fingerprint density at radius 2 is 1.97 bits per heavy atom. The van der Waals surface area contributed by atoms with Gasteiger partial charge in [0.15, 0.2) is 0 Å². The molecule has 0 radical (unpaired) electrons. The summed E-state index contributed by atoms with van der Waals surface area (Å²) < 4.78 is 29.9. The van der Waals surface area contributed by atoms with Gasteiger partial charge in [0.05, 0.1) is 15.9 Å². The molecule has 8 heteroatoms. The second kappa shape index (κ2) is 9.42. The quantitative estimate of drug-likeness (QED) is 0.552. The van der Waals surface area contributed by atoms with Crippen LogP contribution in [0.25, 0.3) is 11.0 Å². The Labute approximate surface area is 189 Å². The van der Waals surface area contributed by atoms with Gasteiger partial charge in [-0.25, -0.2) is 13.4 Å². The van der Waals surface area contributed by atoms with Crippen LogP contribution in [0.2, 0.25) is 0 Å². The Morgan fingerprint density at radius 1 is 1.16 bits per heavy atom. The van der Waals surface area contributed by atoms with Crippen LogP contribution in [0.3, 0.4) is 0 Å². The highest BCUT2D eigenvalue weighted by atomic mass is 32.2. The number of hydrogen-bond donors (Lipinski definition) is 1. The number of benzene rings is 2. The molecule has 1 aliphatic heterocycles. The summed E-state index contributed by atoms with van der Waals surface area (Å²) in [7, 11) is -3.60. The molecule has 1 unspecified atom stereocenters. The van der Waals surface area contributed by atoms with Crippen LogP contribution in [-0.2, 0) is 16.6 Å². The minimum absolute atomic E-state index is 0.0195. The molecule has 0 bridgehead atoms. The minimum Gasteiger partial charge on any atom is -0.352 e. The normalized spacial score (nSPS) is 17.5. The number of sulfonamides is 1. The van der Waals surface area contributed by atoms with E-state index in [9.17, 15) is 13.2 Å². The lowest BCUT2D eigenvalue weighted by Gasteiger charge is -2.32. The zero-order valence-corrected chi connectivity index (χ0v) is 19.4. The van der Waals surface area contributed by atoms with E-state index in [1.807, 2.05) is 38.1 Å². The van der Waals surface area contributed by atoms with Crippen LogP contribution in [-0.4, -0.2) is 47.3 Å². The lowest BCUT2D eigenvalue weighted by atomic mass is 10.1. The number of para-hydroxylation sites is 2. The van der Waals surface area contributed by atoms with E-state index in [4.69, 9.17) is 0 Å². The summed E-state index contributed by atoms with van der Waals surface area (Å²) in [6.45, 7) is 5.69. The van der Waals surface area contributed by atoms with E-state index in [2.05, 4.69) is 14.9 Å². The second-order valence-corrected chi connectivity index (χ2v) is 10.3. The second-order valence-electron chi connectivity index (χ2n) is 8.40. The fourth-order valence-electron chi connectivity index (χ4n) is 4.38. The molecule has 170 valence electrons. The average Bonchev–Trinajstić information content (AvgIpc) is 3.11. The molecule has 1 aromatic heterocycles. The van der Waals surface area contributed by atoms with E-state index in [0.717, 1.165) is 49.1 Å². The highest BCUT2D eigenvalue weighted by Gasteiger charge is 2.31. The first-order valence-corrected chi connectivity index (χ1v) is 12.6. The molecule has 1 N–H and O–H groups in total. The van der Waals surface area contributed by atoms with E-state index in [1.54, 1.807) is 22.5 Å². The third-order valence-corrected chi connectivity index (χ3v) is 8.14. The van der Waals surface area contributed by atoms with Crippen LogP contribution in [0.4, 0.5) is 0 Å². The molecule has 2 heterocycles. The lowest BCUT2D eigenvalue weighted by molar-refractivity contribution is 0.0952. The van der Waals surface area contributed by atoms with E-state index in [1.165, 1.54) is 6.07 Å². The topological polar surface area (TPSA) is 84.3 Å². The molecular weight excluding hydrogens is 424 g/mol. The number of fused-ring (bicyclic) bond motifs is 1. The van der Waals surface area contributed by atoms with Gasteiger partial charge in [0.25, 0.3) is 5.91 Å². The van der Waals surface area contributed by atoms with Crippen molar-refractivity contribution in [3.05, 3.63) is 59.9 Å². The summed E-state index contributed by atoms with van der Waals surface area (Å²) >= 11 is 0. The van der Waals surface area contributed by atoms with Crippen molar-refractivity contribution < 1.29 is 13.2 Å². The first-order chi connectivity index (χ1) is 15.4. The Kier molecular flexibility index (Phi) is 6.62. The molecule has 0 saturated carbocycles. The predicted octanol–water partition coefficient (Wildman–Crippen LogP) is 3.73. The number of rotatable bonds is 7. The Hall–Kier alpha value is -2.71. The van der Waals surface area contributed by atoms with Gasteiger partial charge >= 0.3 is 0 Å². The number of amides is 1. The van der Waals surface area contributed by atoms with Gasteiger partial charge in [-0.1, -0.05) is 24.6 Å². The molecule has 4 rings (SSSR count). The number of carbonyl (C=O) groups excluding carboxylic acids is 1. The maximum atomic E-state index is 13.1. The van der Waals surface area contributed by atoms with Crippen molar-refractivity contribution in [2.24, 2.45) is 0 Å². The van der Waals surface area contributed by atoms with Crippen LogP contribution in [0.15, 0.2) is 53.4 Å². The predicted molar refractivity (Wildman–Crippen MR) is 125 cm³/mol. The molecule has 3 aromatic rings. The molecule has 1 aliphatic rings. The van der Waals surface area contributed by atoms with Gasteiger partial charge in [0, 0.05) is 31.2 Å². The van der Waals surface area contributed by atoms with Gasteiger partial charge in [-0.2, -0.15) is 4.31 Å². The number of hydrogen-bond acceptors (Lipinski definition) is 4. The molecular formula is C24H30N4O3S. The summed E-state index contributed by atoms with van der Waals surface area (Å²) in [5.41, 5.74) is 2.41. The van der Waals surface area contributed by atoms with Gasteiger partial charge in [0.1, 0.15) is 5.82 Å². The van der Waals surface area contributed by atoms with Crippen molar-refractivity contribution >= 4 is 27.0 Å². The number of imidazole rings is 1. The Morgan fingerprint density at radius 3 is 2.78 bits per heavy atom. The fourth-order valence-corrected chi connectivity index (χ4v) is 6.13. The number of aryl methyl sites for hydroxylation is 2. The third kappa shape index (κ3) is 4.56. The van der Waals surface area contributed by atoms with Crippen molar-refractivity contribution in [1.29, 1.82) is 0 Å². The van der Waals surface area contributed by atoms with Gasteiger partial charge < -0.3 is 9.88 Å². The number of aromatic nitrogens is 2. The number of nitrogens with one attached hydrogen (secondary N) is 1. The van der Waals surface area contributed by atoms with Crippen molar-refractivity contribution in [3.63, 3.8) is 0 Å². The summed E-state index contributed by atoms with van der Waals surface area (Å²) in [4.78, 5) is 17.4. The standard InChI is InChI=1S/C24H30N4O3S/c1-18-9-5-6-16-28(18)32(30,31)21-11-7-10-20(17-21)24(29)25-14-8-15-27-19(2)26-22-12-3-4-13-23(22)27/h3-4,7,10-13,17-18H,5-6,8-9,14-16H2,1-2H3,(H,25,29). The first-order valence-electron chi connectivity index (χ1n) is 11.2. The summed E-state index contributed by atoms with van der Waals surface area (Å²) in [5, 5.41) is 2.91. The maximum Gasteiger partial charge on any atom is 0.251 e. The highest BCUT2D eigenvalue weighted by molar-refractivity contribution is 7.89. The van der Waals surface area contributed by atoms with Crippen LogP contribution in [0.5, 0.6) is 0 Å². The zero-order chi connectivity index (χ0) is 22.7. The van der Waals surface area contributed by atoms with E-state index in [-0.39, 0.29) is 16.8 Å².